The van der Waals surface area contributed by atoms with Crippen LogP contribution >= 0.6 is 0 Å². The Hall–Kier alpha value is -1.60. The second-order valence-electron chi connectivity index (χ2n) is 5.54. The zero-order chi connectivity index (χ0) is 14.4. The van der Waals surface area contributed by atoms with Gasteiger partial charge >= 0.3 is 0 Å². The Bertz CT molecular complexity index is 439. The minimum atomic E-state index is -0.369. The van der Waals surface area contributed by atoms with Crippen molar-refractivity contribution in [1.82, 2.24) is 4.90 Å². The van der Waals surface area contributed by atoms with Crippen molar-refractivity contribution >= 4 is 5.69 Å². The molecule has 0 heterocycles. The summed E-state index contributed by atoms with van der Waals surface area (Å²) >= 11 is 0. The molecule has 1 aromatic rings. The number of likely N-dealkylation sites (N-methyl/N-ethyl adjacent to an activating group) is 1. The number of rotatable bonds is 6. The number of nitriles is 1. The van der Waals surface area contributed by atoms with Gasteiger partial charge in [0.25, 0.3) is 0 Å². The summed E-state index contributed by atoms with van der Waals surface area (Å²) in [5.74, 6) is 0.172. The van der Waals surface area contributed by atoms with Crippen LogP contribution in [0.15, 0.2) is 18.2 Å². The van der Waals surface area contributed by atoms with Gasteiger partial charge in [-0.05, 0) is 44.6 Å². The van der Waals surface area contributed by atoms with E-state index in [9.17, 15) is 4.39 Å². The lowest BCUT2D eigenvalue weighted by Gasteiger charge is -2.25. The van der Waals surface area contributed by atoms with Gasteiger partial charge in [-0.15, -0.1) is 0 Å². The molecule has 1 N–H and O–H groups in total. The maximum Gasteiger partial charge on any atom is 0.147 e. The minimum absolute atomic E-state index is 0.192. The molecule has 3 nitrogen and oxygen atoms in total. The van der Waals surface area contributed by atoms with Crippen LogP contribution in [0.1, 0.15) is 25.8 Å². The highest BCUT2D eigenvalue weighted by Crippen LogP contribution is 2.18. The number of nitrogens with one attached hydrogen (secondary N) is 1. The molecule has 0 saturated heterocycles. The molecular weight excluding hydrogens is 241 g/mol. The standard InChI is InChI=1S/C15H22FN3/c1-11(2)7-13(10-19(3)4)18-15-6-5-12(9-17)8-14(15)16/h5-6,8,11,13,18H,7,10H2,1-4H3. The highest BCUT2D eigenvalue weighted by atomic mass is 19.1. The monoisotopic (exact) mass is 263 g/mol. The van der Waals surface area contributed by atoms with E-state index in [0.29, 0.717) is 17.2 Å². The molecule has 0 aromatic heterocycles. The summed E-state index contributed by atoms with van der Waals surface area (Å²) < 4.78 is 13.8. The third kappa shape index (κ3) is 5.27. The fourth-order valence-corrected chi connectivity index (χ4v) is 2.11. The number of halogens is 1. The van der Waals surface area contributed by atoms with Gasteiger partial charge in [0, 0.05) is 12.6 Å². The number of anilines is 1. The number of hydrogen-bond donors (Lipinski definition) is 1. The Morgan fingerprint density at radius 1 is 1.37 bits per heavy atom. The molecule has 1 unspecified atom stereocenters. The van der Waals surface area contributed by atoms with E-state index in [1.807, 2.05) is 20.2 Å². The molecule has 0 radical (unpaired) electrons. The van der Waals surface area contributed by atoms with Crippen molar-refractivity contribution in [3.05, 3.63) is 29.6 Å². The van der Waals surface area contributed by atoms with Crippen LogP contribution in [-0.2, 0) is 0 Å². The van der Waals surface area contributed by atoms with E-state index in [1.165, 1.54) is 6.07 Å². The van der Waals surface area contributed by atoms with Crippen LogP contribution in [0.3, 0.4) is 0 Å². The Balaban J connectivity index is 2.81. The predicted molar refractivity (Wildman–Crippen MR) is 76.5 cm³/mol. The predicted octanol–water partition coefficient (Wildman–Crippen LogP) is 3.09. The van der Waals surface area contributed by atoms with Crippen molar-refractivity contribution in [2.45, 2.75) is 26.3 Å². The molecule has 0 bridgehead atoms. The normalized spacial score (nSPS) is 12.5. The number of hydrogen-bond acceptors (Lipinski definition) is 3. The van der Waals surface area contributed by atoms with E-state index in [-0.39, 0.29) is 11.9 Å². The molecular formula is C15H22FN3. The van der Waals surface area contributed by atoms with Gasteiger partial charge in [-0.25, -0.2) is 4.39 Å². The largest absolute Gasteiger partial charge is 0.379 e. The van der Waals surface area contributed by atoms with E-state index in [4.69, 9.17) is 5.26 Å². The molecule has 1 aromatic carbocycles. The first-order valence-corrected chi connectivity index (χ1v) is 6.53. The molecule has 0 fully saturated rings. The van der Waals surface area contributed by atoms with Gasteiger partial charge in [0.05, 0.1) is 17.3 Å². The summed E-state index contributed by atoms with van der Waals surface area (Å²) in [5.41, 5.74) is 0.808. The van der Waals surface area contributed by atoms with Crippen LogP contribution in [0.5, 0.6) is 0 Å². The van der Waals surface area contributed by atoms with Crippen molar-refractivity contribution in [1.29, 1.82) is 5.26 Å². The number of nitrogens with zero attached hydrogens (tertiary/aromatic N) is 2. The first-order chi connectivity index (χ1) is 8.92. The van der Waals surface area contributed by atoms with Gasteiger partial charge in [-0.2, -0.15) is 5.26 Å². The van der Waals surface area contributed by atoms with Crippen LogP contribution in [0, 0.1) is 23.1 Å². The maximum atomic E-state index is 13.8. The summed E-state index contributed by atoms with van der Waals surface area (Å²) in [7, 11) is 4.01. The topological polar surface area (TPSA) is 39.1 Å². The van der Waals surface area contributed by atoms with Crippen molar-refractivity contribution in [3.8, 4) is 6.07 Å². The van der Waals surface area contributed by atoms with E-state index < -0.39 is 0 Å². The fourth-order valence-electron chi connectivity index (χ4n) is 2.11. The Kier molecular flexibility index (Phi) is 5.78. The summed E-state index contributed by atoms with van der Waals surface area (Å²) in [5, 5.41) is 12.0. The van der Waals surface area contributed by atoms with E-state index in [0.717, 1.165) is 13.0 Å². The molecule has 0 amide bonds. The zero-order valence-electron chi connectivity index (χ0n) is 12.1. The smallest absolute Gasteiger partial charge is 0.147 e. The minimum Gasteiger partial charge on any atom is -0.379 e. The highest BCUT2D eigenvalue weighted by molar-refractivity contribution is 5.49. The van der Waals surface area contributed by atoms with Crippen molar-refractivity contribution < 1.29 is 4.39 Å². The van der Waals surface area contributed by atoms with Gasteiger partial charge in [0.15, 0.2) is 0 Å². The van der Waals surface area contributed by atoms with Gasteiger partial charge in [-0.3, -0.25) is 0 Å². The summed E-state index contributed by atoms with van der Waals surface area (Å²) in [6.45, 7) is 5.15. The third-order valence-electron chi connectivity index (χ3n) is 2.80. The van der Waals surface area contributed by atoms with Crippen molar-refractivity contribution in [2.24, 2.45) is 5.92 Å². The second kappa shape index (κ2) is 7.10. The van der Waals surface area contributed by atoms with Gasteiger partial charge < -0.3 is 10.2 Å². The second-order valence-corrected chi connectivity index (χ2v) is 5.54. The summed E-state index contributed by atoms with van der Waals surface area (Å²) in [4.78, 5) is 2.08. The SMILES string of the molecule is CC(C)CC(CN(C)C)Nc1ccc(C#N)cc1F. The molecule has 104 valence electrons. The Morgan fingerprint density at radius 3 is 2.53 bits per heavy atom. The molecule has 4 heteroatoms. The van der Waals surface area contributed by atoms with Gasteiger partial charge in [0.2, 0.25) is 0 Å². The van der Waals surface area contributed by atoms with Crippen molar-refractivity contribution in [2.75, 3.05) is 26.0 Å². The molecule has 0 aliphatic heterocycles. The van der Waals surface area contributed by atoms with Crippen LogP contribution < -0.4 is 5.32 Å². The lowest BCUT2D eigenvalue weighted by atomic mass is 10.0. The molecule has 0 aliphatic carbocycles. The maximum absolute atomic E-state index is 13.8. The molecule has 0 spiro atoms. The van der Waals surface area contributed by atoms with Gasteiger partial charge in [-0.1, -0.05) is 13.8 Å². The zero-order valence-corrected chi connectivity index (χ0v) is 12.1. The van der Waals surface area contributed by atoms with Gasteiger partial charge in [0.1, 0.15) is 5.82 Å². The average molecular weight is 263 g/mol. The van der Waals surface area contributed by atoms with Crippen LogP contribution in [-0.4, -0.2) is 31.6 Å². The quantitative estimate of drug-likeness (QED) is 0.857. The highest BCUT2D eigenvalue weighted by Gasteiger charge is 2.14. The summed E-state index contributed by atoms with van der Waals surface area (Å²) in [6, 6.07) is 6.67. The van der Waals surface area contributed by atoms with E-state index in [1.54, 1.807) is 12.1 Å². The third-order valence-corrected chi connectivity index (χ3v) is 2.80. The Labute approximate surface area is 115 Å². The lowest BCUT2D eigenvalue weighted by molar-refractivity contribution is 0.356. The van der Waals surface area contributed by atoms with E-state index in [2.05, 4.69) is 24.1 Å². The first-order valence-electron chi connectivity index (χ1n) is 6.53. The van der Waals surface area contributed by atoms with Crippen LogP contribution in [0.4, 0.5) is 10.1 Å². The molecule has 1 rings (SSSR count). The first kappa shape index (κ1) is 15.5. The van der Waals surface area contributed by atoms with Crippen LogP contribution in [0.2, 0.25) is 0 Å². The average Bonchev–Trinajstić information content (AvgIpc) is 2.30. The van der Waals surface area contributed by atoms with Crippen LogP contribution in [0.25, 0.3) is 0 Å². The van der Waals surface area contributed by atoms with Crippen molar-refractivity contribution in [3.63, 3.8) is 0 Å². The fraction of sp³-hybridized carbons (Fsp3) is 0.533. The molecule has 1 atom stereocenters. The summed E-state index contributed by atoms with van der Waals surface area (Å²) in [6.07, 6.45) is 0.970. The lowest BCUT2D eigenvalue weighted by Crippen LogP contribution is -2.33. The molecule has 0 aliphatic rings. The van der Waals surface area contributed by atoms with E-state index >= 15 is 0 Å². The Morgan fingerprint density at radius 2 is 2.05 bits per heavy atom. The molecule has 19 heavy (non-hydrogen) atoms. The molecule has 0 saturated carbocycles. The number of benzene rings is 1.